The van der Waals surface area contributed by atoms with Crippen LogP contribution in [0.4, 0.5) is 10.5 Å². The van der Waals surface area contributed by atoms with Crippen LogP contribution < -0.4 is 10.5 Å². The average molecular weight is 567 g/mol. The topological polar surface area (TPSA) is 112 Å². The van der Waals surface area contributed by atoms with E-state index in [1.54, 1.807) is 10.6 Å². The van der Waals surface area contributed by atoms with E-state index in [1.807, 2.05) is 79.9 Å². The van der Waals surface area contributed by atoms with E-state index >= 15 is 0 Å². The summed E-state index contributed by atoms with van der Waals surface area (Å²) in [4.78, 5) is 26.1. The lowest BCUT2D eigenvalue weighted by Crippen LogP contribution is -2.28. The van der Waals surface area contributed by atoms with E-state index in [2.05, 4.69) is 0 Å². The summed E-state index contributed by atoms with van der Waals surface area (Å²) in [5, 5.41) is 29.2. The van der Waals surface area contributed by atoms with Gasteiger partial charge in [0, 0.05) is 18.2 Å². The third-order valence-corrected chi connectivity index (χ3v) is 6.33. The number of hydrogen-bond donors (Lipinski definition) is 3. The summed E-state index contributed by atoms with van der Waals surface area (Å²) in [6.07, 6.45) is -1.25. The molecule has 0 fully saturated rings. The number of fused-ring (bicyclic) bond motifs is 1. The molecule has 0 saturated heterocycles. The Kier molecular flexibility index (Phi) is 7.97. The van der Waals surface area contributed by atoms with Crippen molar-refractivity contribution in [3.63, 3.8) is 0 Å². The molecule has 0 aliphatic heterocycles. The molecule has 1 aromatic heterocycles. The molecule has 1 amide bonds. The summed E-state index contributed by atoms with van der Waals surface area (Å²) in [7, 11) is 1.33. The van der Waals surface area contributed by atoms with Crippen molar-refractivity contribution in [1.29, 1.82) is 5.41 Å². The number of anilines is 1. The lowest BCUT2D eigenvalue weighted by molar-refractivity contribution is 0.0971. The van der Waals surface area contributed by atoms with E-state index in [0.717, 1.165) is 21.5 Å². The van der Waals surface area contributed by atoms with Crippen LogP contribution in [0.25, 0.3) is 11.0 Å². The quantitative estimate of drug-likeness (QED) is 0.265. The Morgan fingerprint density at radius 3 is 2.08 bits per heavy atom. The average Bonchev–Trinajstić information content (AvgIpc) is 3.09. The van der Waals surface area contributed by atoms with Gasteiger partial charge in [-0.15, -0.1) is 17.0 Å². The number of rotatable bonds is 6. The monoisotopic (exact) mass is 566 g/mol. The summed E-state index contributed by atoms with van der Waals surface area (Å²) < 4.78 is 3.52. The molecule has 1 heterocycles. The van der Waals surface area contributed by atoms with Crippen LogP contribution in [-0.4, -0.2) is 38.3 Å². The molecular formula is C28H31BrN4O4. The number of nitrogens with one attached hydrogen (secondary N) is 1. The van der Waals surface area contributed by atoms with E-state index in [0.29, 0.717) is 12.1 Å². The van der Waals surface area contributed by atoms with Crippen LogP contribution in [0.5, 0.6) is 5.75 Å². The van der Waals surface area contributed by atoms with E-state index in [9.17, 15) is 19.8 Å². The molecule has 4 aromatic rings. The molecule has 3 N–H and O–H groups in total. The number of phenols is 1. The fourth-order valence-corrected chi connectivity index (χ4v) is 4.33. The number of para-hydroxylation sites is 2. The molecule has 0 aliphatic carbocycles. The number of nitrogens with zero attached hydrogens (tertiary/aromatic N) is 3. The summed E-state index contributed by atoms with van der Waals surface area (Å²) in [6, 6.07) is 20.4. The minimum Gasteiger partial charge on any atom is -0.505 e. The van der Waals surface area contributed by atoms with Gasteiger partial charge in [0.2, 0.25) is 5.62 Å². The summed E-state index contributed by atoms with van der Waals surface area (Å²) in [5.74, 6) is -0.459. The van der Waals surface area contributed by atoms with E-state index in [4.69, 9.17) is 5.41 Å². The van der Waals surface area contributed by atoms with Gasteiger partial charge in [0.1, 0.15) is 5.75 Å². The Hall–Kier alpha value is -3.85. The second-order valence-corrected chi connectivity index (χ2v) is 9.88. The molecule has 8 nitrogen and oxygen atoms in total. The lowest BCUT2D eigenvalue weighted by atomic mass is 9.84. The molecule has 9 heteroatoms. The number of halogens is 1. The highest BCUT2D eigenvalue weighted by molar-refractivity contribution is 8.93. The highest BCUT2D eigenvalue weighted by Gasteiger charge is 2.26. The maximum absolute atomic E-state index is 13.6. The van der Waals surface area contributed by atoms with Gasteiger partial charge >= 0.3 is 6.09 Å². The second kappa shape index (κ2) is 10.6. The van der Waals surface area contributed by atoms with Crippen LogP contribution in [0.2, 0.25) is 0 Å². The van der Waals surface area contributed by atoms with Gasteiger partial charge in [-0.2, -0.15) is 0 Å². The maximum atomic E-state index is 13.6. The third-order valence-electron chi connectivity index (χ3n) is 6.33. The van der Waals surface area contributed by atoms with Gasteiger partial charge in [-0.05, 0) is 35.2 Å². The first kappa shape index (κ1) is 27.7. The highest BCUT2D eigenvalue weighted by Crippen LogP contribution is 2.39. The number of phenolic OH excluding ortho intramolecular Hbond substituents is 1. The summed E-state index contributed by atoms with van der Waals surface area (Å²) in [6.45, 7) is 6.03. The van der Waals surface area contributed by atoms with Gasteiger partial charge in [0.15, 0.2) is 5.78 Å². The van der Waals surface area contributed by atoms with E-state index < -0.39 is 11.5 Å². The Morgan fingerprint density at radius 2 is 1.51 bits per heavy atom. The normalized spacial score (nSPS) is 11.2. The number of hydrogen-bond acceptors (Lipinski definition) is 4. The first-order chi connectivity index (χ1) is 17.0. The SMILES string of the molecule is Br.CN(C(=O)O)c1cc(C(=O)Cn2c(=N)n(Cc3ccccc3)c3ccccc32)cc(C(C)(C)C)c1O. The Morgan fingerprint density at radius 1 is 0.946 bits per heavy atom. The van der Waals surface area contributed by atoms with Crippen molar-refractivity contribution in [2.24, 2.45) is 0 Å². The van der Waals surface area contributed by atoms with Crippen molar-refractivity contribution >= 4 is 45.6 Å². The van der Waals surface area contributed by atoms with Crippen LogP contribution in [0, 0.1) is 5.41 Å². The fraction of sp³-hybridized carbons (Fsp3) is 0.250. The number of Topliss-reactive ketones (excluding diaryl/α,β-unsaturated/α-hetero) is 1. The second-order valence-electron chi connectivity index (χ2n) is 9.88. The van der Waals surface area contributed by atoms with Crippen molar-refractivity contribution < 1.29 is 19.8 Å². The van der Waals surface area contributed by atoms with Crippen molar-refractivity contribution in [3.8, 4) is 5.75 Å². The van der Waals surface area contributed by atoms with Crippen molar-refractivity contribution in [1.82, 2.24) is 9.13 Å². The smallest absolute Gasteiger partial charge is 0.411 e. The van der Waals surface area contributed by atoms with Crippen LogP contribution in [0.15, 0.2) is 66.7 Å². The minimum absolute atomic E-state index is 0. The van der Waals surface area contributed by atoms with Gasteiger partial charge in [0.05, 0.1) is 29.8 Å². The largest absolute Gasteiger partial charge is 0.505 e. The maximum Gasteiger partial charge on any atom is 0.411 e. The van der Waals surface area contributed by atoms with Gasteiger partial charge in [-0.3, -0.25) is 15.1 Å². The number of aromatic nitrogens is 2. The Labute approximate surface area is 225 Å². The molecule has 0 spiro atoms. The van der Waals surface area contributed by atoms with Gasteiger partial charge in [-0.25, -0.2) is 4.79 Å². The summed E-state index contributed by atoms with van der Waals surface area (Å²) in [5.41, 5.74) is 3.07. The molecule has 4 rings (SSSR count). The van der Waals surface area contributed by atoms with Crippen LogP contribution in [0.3, 0.4) is 0 Å². The Balaban J connectivity index is 0.00000380. The molecule has 0 saturated carbocycles. The number of ketones is 1. The van der Waals surface area contributed by atoms with Crippen LogP contribution in [0.1, 0.15) is 42.3 Å². The minimum atomic E-state index is -1.25. The van der Waals surface area contributed by atoms with Gasteiger partial charge < -0.3 is 19.3 Å². The fourth-order valence-electron chi connectivity index (χ4n) is 4.33. The van der Waals surface area contributed by atoms with E-state index in [-0.39, 0.29) is 51.9 Å². The van der Waals surface area contributed by atoms with Crippen molar-refractivity contribution in [3.05, 3.63) is 89.0 Å². The molecule has 0 radical (unpaired) electrons. The van der Waals surface area contributed by atoms with Gasteiger partial charge in [0.25, 0.3) is 0 Å². The molecule has 0 bridgehead atoms. The summed E-state index contributed by atoms with van der Waals surface area (Å²) >= 11 is 0. The number of amides is 1. The molecule has 0 atom stereocenters. The van der Waals surface area contributed by atoms with E-state index in [1.165, 1.54) is 13.1 Å². The van der Waals surface area contributed by atoms with Crippen LogP contribution >= 0.6 is 17.0 Å². The molecule has 0 aliphatic rings. The lowest BCUT2D eigenvalue weighted by Gasteiger charge is -2.25. The molecule has 0 unspecified atom stereocenters. The molecular weight excluding hydrogens is 536 g/mol. The number of carbonyl (C=O) groups excluding carboxylic acids is 1. The number of aromatic hydroxyl groups is 1. The number of carbonyl (C=O) groups is 2. The molecule has 194 valence electrons. The zero-order chi connectivity index (χ0) is 26.2. The van der Waals surface area contributed by atoms with Crippen molar-refractivity contribution in [2.75, 3.05) is 11.9 Å². The zero-order valence-corrected chi connectivity index (χ0v) is 22.9. The molecule has 37 heavy (non-hydrogen) atoms. The standard InChI is InChI=1S/C28H30N4O4.BrH/c1-28(2,3)20-14-19(15-23(25(20)34)30(4)27(35)36)24(33)17-32-22-13-9-8-12-21(22)31(26(32)29)16-18-10-6-5-7-11-18;/h5-15,29,34H,16-17H2,1-4H3,(H,35,36);1H. The predicted octanol–water partition coefficient (Wildman–Crippen LogP) is 5.55. The first-order valence-electron chi connectivity index (χ1n) is 11.6. The number of benzene rings is 3. The molecule has 3 aromatic carbocycles. The number of imidazole rings is 1. The predicted molar refractivity (Wildman–Crippen MR) is 149 cm³/mol. The third kappa shape index (κ3) is 5.46. The Bertz CT molecular complexity index is 1520. The van der Waals surface area contributed by atoms with Crippen LogP contribution in [-0.2, 0) is 18.5 Å². The van der Waals surface area contributed by atoms with Gasteiger partial charge in [-0.1, -0.05) is 63.2 Å². The highest BCUT2D eigenvalue weighted by atomic mass is 79.9. The first-order valence-corrected chi connectivity index (χ1v) is 11.6. The zero-order valence-electron chi connectivity index (χ0n) is 21.2. The van der Waals surface area contributed by atoms with Crippen molar-refractivity contribution in [2.45, 2.75) is 39.3 Å². The number of carboxylic acid groups (broad SMARTS) is 1.